The molecule has 0 atom stereocenters. The Labute approximate surface area is 114 Å². The molecule has 2 aromatic rings. The van der Waals surface area contributed by atoms with Crippen LogP contribution in [0.5, 0.6) is 0 Å². The zero-order chi connectivity index (χ0) is 13.7. The second-order valence-corrected chi connectivity index (χ2v) is 4.79. The molecule has 0 N–H and O–H groups in total. The molecule has 1 aromatic carbocycles. The summed E-state index contributed by atoms with van der Waals surface area (Å²) in [6.07, 6.45) is 2.82. The van der Waals surface area contributed by atoms with Crippen molar-refractivity contribution in [1.29, 1.82) is 5.26 Å². The fraction of sp³-hybridized carbons (Fsp3) is 0.312. The predicted octanol–water partition coefficient (Wildman–Crippen LogP) is 3.72. The van der Waals surface area contributed by atoms with Gasteiger partial charge in [0.1, 0.15) is 5.82 Å². The van der Waals surface area contributed by atoms with Crippen LogP contribution in [0.3, 0.4) is 0 Å². The molecule has 3 nitrogen and oxygen atoms in total. The number of hydrogen-bond acceptors (Lipinski definition) is 3. The second-order valence-electron chi connectivity index (χ2n) is 4.79. The Morgan fingerprint density at radius 2 is 1.89 bits per heavy atom. The number of nitriles is 1. The van der Waals surface area contributed by atoms with Gasteiger partial charge in [-0.3, -0.25) is 0 Å². The smallest absolute Gasteiger partial charge is 0.129 e. The maximum absolute atomic E-state index is 8.59. The second kappa shape index (κ2) is 6.10. The number of aryl methyl sites for hydroxylation is 1. The molecule has 0 radical (unpaired) electrons. The lowest BCUT2D eigenvalue weighted by molar-refractivity contribution is 0.866. The molecule has 0 bridgehead atoms. The SMILES string of the molecule is CC(C)c1ccc(-c2ccnc(CCC#N)n2)cc1. The van der Waals surface area contributed by atoms with Crippen molar-refractivity contribution in [3.05, 3.63) is 47.9 Å². The summed E-state index contributed by atoms with van der Waals surface area (Å²) in [4.78, 5) is 8.68. The first-order valence-corrected chi connectivity index (χ1v) is 6.50. The van der Waals surface area contributed by atoms with Gasteiger partial charge in [0.2, 0.25) is 0 Å². The van der Waals surface area contributed by atoms with Crippen molar-refractivity contribution in [2.24, 2.45) is 0 Å². The Morgan fingerprint density at radius 3 is 2.53 bits per heavy atom. The van der Waals surface area contributed by atoms with E-state index >= 15 is 0 Å². The molecule has 0 unspecified atom stereocenters. The van der Waals surface area contributed by atoms with E-state index in [1.54, 1.807) is 6.20 Å². The largest absolute Gasteiger partial charge is 0.241 e. The third-order valence-electron chi connectivity index (χ3n) is 3.04. The normalized spacial score (nSPS) is 10.4. The fourth-order valence-corrected chi connectivity index (χ4v) is 1.89. The van der Waals surface area contributed by atoms with Gasteiger partial charge in [0.25, 0.3) is 0 Å². The van der Waals surface area contributed by atoms with Crippen LogP contribution in [0.2, 0.25) is 0 Å². The van der Waals surface area contributed by atoms with Gasteiger partial charge in [-0.25, -0.2) is 9.97 Å². The monoisotopic (exact) mass is 251 g/mol. The Bertz CT molecular complexity index is 580. The molecule has 0 spiro atoms. The average Bonchev–Trinajstić information content (AvgIpc) is 2.45. The van der Waals surface area contributed by atoms with Crippen molar-refractivity contribution in [3.63, 3.8) is 0 Å². The first-order chi connectivity index (χ1) is 9.20. The highest BCUT2D eigenvalue weighted by atomic mass is 14.9. The summed E-state index contributed by atoms with van der Waals surface area (Å²) < 4.78 is 0. The zero-order valence-corrected chi connectivity index (χ0v) is 11.3. The van der Waals surface area contributed by atoms with Crippen LogP contribution in [0.4, 0.5) is 0 Å². The lowest BCUT2D eigenvalue weighted by atomic mass is 10.0. The molecule has 0 aliphatic carbocycles. The minimum absolute atomic E-state index is 0.454. The van der Waals surface area contributed by atoms with Crippen LogP contribution >= 0.6 is 0 Å². The molecule has 19 heavy (non-hydrogen) atoms. The van der Waals surface area contributed by atoms with E-state index in [0.717, 1.165) is 17.1 Å². The van der Waals surface area contributed by atoms with Gasteiger partial charge >= 0.3 is 0 Å². The maximum Gasteiger partial charge on any atom is 0.129 e. The first-order valence-electron chi connectivity index (χ1n) is 6.50. The van der Waals surface area contributed by atoms with Crippen LogP contribution in [0, 0.1) is 11.3 Å². The molecule has 0 aliphatic heterocycles. The van der Waals surface area contributed by atoms with E-state index in [2.05, 4.69) is 54.2 Å². The van der Waals surface area contributed by atoms with E-state index in [1.807, 2.05) is 6.07 Å². The van der Waals surface area contributed by atoms with Gasteiger partial charge in [-0.1, -0.05) is 38.1 Å². The molecular formula is C16H17N3. The molecule has 0 saturated heterocycles. The predicted molar refractivity (Wildman–Crippen MR) is 75.5 cm³/mol. The number of nitrogens with zero attached hydrogens (tertiary/aromatic N) is 3. The van der Waals surface area contributed by atoms with Crippen LogP contribution in [-0.2, 0) is 6.42 Å². The summed E-state index contributed by atoms with van der Waals surface area (Å²) in [5, 5.41) is 8.59. The number of aromatic nitrogens is 2. The maximum atomic E-state index is 8.59. The summed E-state index contributed by atoms with van der Waals surface area (Å²) in [5.41, 5.74) is 3.32. The minimum atomic E-state index is 0.454. The van der Waals surface area contributed by atoms with Crippen LogP contribution in [0.1, 0.15) is 37.6 Å². The Balaban J connectivity index is 2.24. The van der Waals surface area contributed by atoms with Crippen molar-refractivity contribution < 1.29 is 0 Å². The number of hydrogen-bond donors (Lipinski definition) is 0. The van der Waals surface area contributed by atoms with Crippen LogP contribution in [0.25, 0.3) is 11.3 Å². The molecule has 1 aromatic heterocycles. The molecule has 1 heterocycles. The minimum Gasteiger partial charge on any atom is -0.241 e. The van der Waals surface area contributed by atoms with Gasteiger partial charge in [-0.05, 0) is 17.5 Å². The highest BCUT2D eigenvalue weighted by molar-refractivity contribution is 5.59. The average molecular weight is 251 g/mol. The van der Waals surface area contributed by atoms with E-state index in [-0.39, 0.29) is 0 Å². The molecule has 3 heteroatoms. The van der Waals surface area contributed by atoms with Gasteiger partial charge in [0, 0.05) is 24.6 Å². The Kier molecular flexibility index (Phi) is 4.25. The quantitative estimate of drug-likeness (QED) is 0.832. The van der Waals surface area contributed by atoms with E-state index in [1.165, 1.54) is 5.56 Å². The number of benzene rings is 1. The molecule has 0 amide bonds. The standard InChI is InChI=1S/C16H17N3/c1-12(2)13-5-7-14(8-6-13)15-9-11-18-16(19-15)4-3-10-17/h5-9,11-12H,3-4H2,1-2H3. The Hall–Kier alpha value is -2.21. The van der Waals surface area contributed by atoms with E-state index in [0.29, 0.717) is 18.8 Å². The van der Waals surface area contributed by atoms with Crippen molar-refractivity contribution >= 4 is 0 Å². The van der Waals surface area contributed by atoms with Crippen molar-refractivity contribution in [3.8, 4) is 17.3 Å². The molecule has 0 aliphatic rings. The van der Waals surface area contributed by atoms with Crippen molar-refractivity contribution in [2.75, 3.05) is 0 Å². The number of rotatable bonds is 4. The summed E-state index contributed by atoms with van der Waals surface area (Å²) in [5.74, 6) is 1.26. The van der Waals surface area contributed by atoms with Gasteiger partial charge in [0.05, 0.1) is 11.8 Å². The summed E-state index contributed by atoms with van der Waals surface area (Å²) in [7, 11) is 0. The molecule has 2 rings (SSSR count). The molecule has 0 saturated carbocycles. The van der Waals surface area contributed by atoms with Crippen LogP contribution in [0.15, 0.2) is 36.5 Å². The summed E-state index contributed by atoms with van der Waals surface area (Å²) >= 11 is 0. The first kappa shape index (κ1) is 13.2. The molecule has 0 fully saturated rings. The Morgan fingerprint density at radius 1 is 1.16 bits per heavy atom. The van der Waals surface area contributed by atoms with Gasteiger partial charge in [-0.15, -0.1) is 0 Å². The third kappa shape index (κ3) is 3.38. The summed E-state index contributed by atoms with van der Waals surface area (Å²) in [6.45, 7) is 4.36. The van der Waals surface area contributed by atoms with Crippen molar-refractivity contribution in [1.82, 2.24) is 9.97 Å². The summed E-state index contributed by atoms with van der Waals surface area (Å²) in [6, 6.07) is 12.5. The van der Waals surface area contributed by atoms with E-state index in [9.17, 15) is 0 Å². The van der Waals surface area contributed by atoms with Crippen LogP contribution in [-0.4, -0.2) is 9.97 Å². The van der Waals surface area contributed by atoms with Crippen molar-refractivity contribution in [2.45, 2.75) is 32.6 Å². The lowest BCUT2D eigenvalue weighted by Crippen LogP contribution is -1.96. The van der Waals surface area contributed by atoms with Gasteiger partial charge < -0.3 is 0 Å². The fourth-order valence-electron chi connectivity index (χ4n) is 1.89. The molecular weight excluding hydrogens is 234 g/mol. The molecule has 96 valence electrons. The van der Waals surface area contributed by atoms with Gasteiger partial charge in [-0.2, -0.15) is 5.26 Å². The zero-order valence-electron chi connectivity index (χ0n) is 11.3. The lowest BCUT2D eigenvalue weighted by Gasteiger charge is -2.07. The van der Waals surface area contributed by atoms with E-state index in [4.69, 9.17) is 5.26 Å². The van der Waals surface area contributed by atoms with Crippen LogP contribution < -0.4 is 0 Å². The van der Waals surface area contributed by atoms with Gasteiger partial charge in [0.15, 0.2) is 0 Å². The third-order valence-corrected chi connectivity index (χ3v) is 3.04. The highest BCUT2D eigenvalue weighted by Crippen LogP contribution is 2.21. The highest BCUT2D eigenvalue weighted by Gasteiger charge is 2.04. The van der Waals surface area contributed by atoms with E-state index < -0.39 is 0 Å². The topological polar surface area (TPSA) is 49.6 Å².